The van der Waals surface area contributed by atoms with E-state index >= 15 is 0 Å². The van der Waals surface area contributed by atoms with Crippen molar-refractivity contribution in [1.82, 2.24) is 0 Å². The van der Waals surface area contributed by atoms with Gasteiger partial charge in [-0.1, -0.05) is 51.8 Å². The summed E-state index contributed by atoms with van der Waals surface area (Å²) in [5.41, 5.74) is 1.21. The van der Waals surface area contributed by atoms with Gasteiger partial charge in [-0.25, -0.2) is 4.39 Å². The molecular formula is C15H10BrClFNO. The molecule has 0 amide bonds. The standard InChI is InChI=1S/C15H10BrClFNO/c16-7-10-3-2-6-13(17)15(10)20-9-12-5-1-4-11(8-19)14(12)18/h1-6H,7,9H2. The molecule has 20 heavy (non-hydrogen) atoms. The number of hydrogen-bond acceptors (Lipinski definition) is 2. The average Bonchev–Trinajstić information content (AvgIpc) is 2.47. The molecule has 0 aliphatic heterocycles. The monoisotopic (exact) mass is 353 g/mol. The van der Waals surface area contributed by atoms with Crippen molar-refractivity contribution >= 4 is 27.5 Å². The minimum Gasteiger partial charge on any atom is -0.487 e. The Kier molecular flexibility index (Phi) is 4.99. The number of benzene rings is 2. The van der Waals surface area contributed by atoms with E-state index in [9.17, 15) is 4.39 Å². The largest absolute Gasteiger partial charge is 0.487 e. The fourth-order valence-corrected chi connectivity index (χ4v) is 2.44. The molecule has 0 saturated heterocycles. The van der Waals surface area contributed by atoms with Gasteiger partial charge in [0.2, 0.25) is 0 Å². The number of alkyl halides is 1. The van der Waals surface area contributed by atoms with Gasteiger partial charge in [-0.05, 0) is 12.1 Å². The van der Waals surface area contributed by atoms with Crippen molar-refractivity contribution in [2.45, 2.75) is 11.9 Å². The molecule has 0 heterocycles. The summed E-state index contributed by atoms with van der Waals surface area (Å²) in [7, 11) is 0. The Morgan fingerprint density at radius 1 is 1.20 bits per heavy atom. The van der Waals surface area contributed by atoms with Gasteiger partial charge in [0.1, 0.15) is 24.2 Å². The van der Waals surface area contributed by atoms with Crippen LogP contribution in [0.1, 0.15) is 16.7 Å². The van der Waals surface area contributed by atoms with Gasteiger partial charge >= 0.3 is 0 Å². The lowest BCUT2D eigenvalue weighted by Crippen LogP contribution is -2.02. The minimum atomic E-state index is -0.553. The first-order chi connectivity index (χ1) is 9.67. The molecule has 0 aliphatic rings. The van der Waals surface area contributed by atoms with Gasteiger partial charge in [-0.3, -0.25) is 0 Å². The highest BCUT2D eigenvalue weighted by Gasteiger charge is 2.11. The van der Waals surface area contributed by atoms with Crippen molar-refractivity contribution in [1.29, 1.82) is 5.26 Å². The van der Waals surface area contributed by atoms with E-state index in [-0.39, 0.29) is 12.2 Å². The fourth-order valence-electron chi connectivity index (χ4n) is 1.75. The second-order valence-electron chi connectivity index (χ2n) is 4.04. The summed E-state index contributed by atoms with van der Waals surface area (Å²) in [5, 5.41) is 9.85. The number of ether oxygens (including phenoxy) is 1. The van der Waals surface area contributed by atoms with E-state index in [0.717, 1.165) is 5.56 Å². The van der Waals surface area contributed by atoms with Crippen LogP contribution in [0.2, 0.25) is 5.02 Å². The van der Waals surface area contributed by atoms with Gasteiger partial charge in [-0.2, -0.15) is 5.26 Å². The Labute approximate surface area is 129 Å². The van der Waals surface area contributed by atoms with E-state index in [1.807, 2.05) is 12.1 Å². The third kappa shape index (κ3) is 3.12. The van der Waals surface area contributed by atoms with Crippen molar-refractivity contribution in [2.24, 2.45) is 0 Å². The molecule has 0 aromatic heterocycles. The van der Waals surface area contributed by atoms with Crippen LogP contribution in [0.4, 0.5) is 4.39 Å². The zero-order valence-electron chi connectivity index (χ0n) is 10.4. The first kappa shape index (κ1) is 14.8. The fraction of sp³-hybridized carbons (Fsp3) is 0.133. The van der Waals surface area contributed by atoms with Crippen molar-refractivity contribution in [2.75, 3.05) is 0 Å². The molecule has 2 aromatic rings. The van der Waals surface area contributed by atoms with Crippen molar-refractivity contribution in [3.8, 4) is 11.8 Å². The molecule has 102 valence electrons. The summed E-state index contributed by atoms with van der Waals surface area (Å²) in [6.45, 7) is 0.0189. The molecule has 0 spiro atoms. The number of hydrogen-bond donors (Lipinski definition) is 0. The van der Waals surface area contributed by atoms with Gasteiger partial charge < -0.3 is 4.74 Å². The number of halogens is 3. The summed E-state index contributed by atoms with van der Waals surface area (Å²) < 4.78 is 19.5. The lowest BCUT2D eigenvalue weighted by atomic mass is 10.1. The predicted molar refractivity (Wildman–Crippen MR) is 79.5 cm³/mol. The molecule has 0 fully saturated rings. The molecule has 0 aliphatic carbocycles. The van der Waals surface area contributed by atoms with Crippen LogP contribution in [0.25, 0.3) is 0 Å². The summed E-state index contributed by atoms with van der Waals surface area (Å²) in [5.74, 6) is -0.0322. The van der Waals surface area contributed by atoms with Crippen molar-refractivity contribution in [3.05, 3.63) is 63.9 Å². The number of rotatable bonds is 4. The maximum absolute atomic E-state index is 13.9. The lowest BCUT2D eigenvalue weighted by molar-refractivity contribution is 0.298. The zero-order valence-corrected chi connectivity index (χ0v) is 12.7. The van der Waals surface area contributed by atoms with Crippen LogP contribution < -0.4 is 4.74 Å². The van der Waals surface area contributed by atoms with Crippen LogP contribution in [0.15, 0.2) is 36.4 Å². The second kappa shape index (κ2) is 6.74. The Balaban J connectivity index is 2.24. The number of para-hydroxylation sites is 1. The summed E-state index contributed by atoms with van der Waals surface area (Å²) in [6.07, 6.45) is 0. The van der Waals surface area contributed by atoms with E-state index in [2.05, 4.69) is 15.9 Å². The molecule has 0 saturated carbocycles. The normalized spacial score (nSPS) is 10.1. The molecule has 2 rings (SSSR count). The van der Waals surface area contributed by atoms with E-state index in [4.69, 9.17) is 21.6 Å². The zero-order chi connectivity index (χ0) is 14.5. The summed E-state index contributed by atoms with van der Waals surface area (Å²) in [4.78, 5) is 0. The molecule has 0 radical (unpaired) electrons. The number of nitrogens with zero attached hydrogens (tertiary/aromatic N) is 1. The van der Waals surface area contributed by atoms with Crippen molar-refractivity contribution in [3.63, 3.8) is 0 Å². The average molecular weight is 355 g/mol. The van der Waals surface area contributed by atoms with E-state index in [0.29, 0.717) is 21.7 Å². The van der Waals surface area contributed by atoms with Crippen LogP contribution in [0.3, 0.4) is 0 Å². The quantitative estimate of drug-likeness (QED) is 0.737. The van der Waals surface area contributed by atoms with Crippen LogP contribution in [0.5, 0.6) is 5.75 Å². The Hall–Kier alpha value is -1.57. The minimum absolute atomic E-state index is 0.00553. The highest BCUT2D eigenvalue weighted by atomic mass is 79.9. The first-order valence-electron chi connectivity index (χ1n) is 5.81. The Morgan fingerprint density at radius 3 is 2.60 bits per heavy atom. The highest BCUT2D eigenvalue weighted by Crippen LogP contribution is 2.31. The van der Waals surface area contributed by atoms with Gasteiger partial charge in [0, 0.05) is 16.5 Å². The maximum Gasteiger partial charge on any atom is 0.147 e. The van der Waals surface area contributed by atoms with E-state index < -0.39 is 5.82 Å². The lowest BCUT2D eigenvalue weighted by Gasteiger charge is -2.12. The van der Waals surface area contributed by atoms with Gasteiger partial charge in [-0.15, -0.1) is 0 Å². The van der Waals surface area contributed by atoms with Crippen molar-refractivity contribution < 1.29 is 9.13 Å². The molecule has 5 heteroatoms. The van der Waals surface area contributed by atoms with Crippen LogP contribution in [0, 0.1) is 17.1 Å². The topological polar surface area (TPSA) is 33.0 Å². The summed E-state index contributed by atoms with van der Waals surface area (Å²) >= 11 is 9.43. The predicted octanol–water partition coefficient (Wildman–Crippen LogP) is 4.82. The van der Waals surface area contributed by atoms with Crippen LogP contribution in [-0.4, -0.2) is 0 Å². The SMILES string of the molecule is N#Cc1cccc(COc2c(Cl)cccc2CBr)c1F. The number of nitriles is 1. The molecular weight excluding hydrogens is 345 g/mol. The Morgan fingerprint density at radius 2 is 1.90 bits per heavy atom. The molecule has 0 bridgehead atoms. The molecule has 2 nitrogen and oxygen atoms in total. The van der Waals surface area contributed by atoms with Gasteiger partial charge in [0.05, 0.1) is 10.6 Å². The molecule has 0 N–H and O–H groups in total. The second-order valence-corrected chi connectivity index (χ2v) is 5.01. The third-order valence-corrected chi connectivity index (χ3v) is 3.67. The highest BCUT2D eigenvalue weighted by molar-refractivity contribution is 9.08. The van der Waals surface area contributed by atoms with E-state index in [1.54, 1.807) is 24.3 Å². The third-order valence-electron chi connectivity index (χ3n) is 2.76. The van der Waals surface area contributed by atoms with Gasteiger partial charge in [0.25, 0.3) is 0 Å². The van der Waals surface area contributed by atoms with Crippen LogP contribution in [-0.2, 0) is 11.9 Å². The molecule has 0 unspecified atom stereocenters. The summed E-state index contributed by atoms with van der Waals surface area (Å²) in [6, 6.07) is 11.8. The van der Waals surface area contributed by atoms with Crippen LogP contribution >= 0.6 is 27.5 Å². The van der Waals surface area contributed by atoms with Gasteiger partial charge in [0.15, 0.2) is 0 Å². The Bertz CT molecular complexity index is 669. The first-order valence-corrected chi connectivity index (χ1v) is 7.31. The maximum atomic E-state index is 13.9. The molecule has 2 aromatic carbocycles. The smallest absolute Gasteiger partial charge is 0.147 e. The van der Waals surface area contributed by atoms with E-state index in [1.165, 1.54) is 6.07 Å². The molecule has 0 atom stereocenters.